The van der Waals surface area contributed by atoms with Crippen molar-refractivity contribution in [1.29, 1.82) is 0 Å². The summed E-state index contributed by atoms with van der Waals surface area (Å²) in [5, 5.41) is 2.49. The van der Waals surface area contributed by atoms with Crippen LogP contribution in [0.2, 0.25) is 0 Å². The number of alkyl carbamates (subject to hydrolysis) is 1. The Bertz CT molecular complexity index is 200. The van der Waals surface area contributed by atoms with E-state index < -0.39 is 6.09 Å². The normalized spacial score (nSPS) is 23.2. The summed E-state index contributed by atoms with van der Waals surface area (Å²) in [6, 6.07) is -0.341. The first-order valence-electron chi connectivity index (χ1n) is 4.08. The van der Waals surface area contributed by atoms with Gasteiger partial charge in [-0.2, -0.15) is 0 Å². The highest BCUT2D eigenvalue weighted by Crippen LogP contribution is 2.07. The largest absolute Gasteiger partial charge is 0.449 e. The number of hydrogen-bond donors (Lipinski definition) is 1. The lowest BCUT2D eigenvalue weighted by molar-refractivity contribution is -0.124. The molecule has 0 saturated carbocycles. The van der Waals surface area contributed by atoms with Crippen LogP contribution in [0.25, 0.3) is 0 Å². The van der Waals surface area contributed by atoms with Crippen molar-refractivity contribution in [2.75, 3.05) is 6.61 Å². The van der Waals surface area contributed by atoms with Gasteiger partial charge in [0.15, 0.2) is 5.78 Å². The summed E-state index contributed by atoms with van der Waals surface area (Å²) >= 11 is 0. The molecule has 1 fully saturated rings. The zero-order valence-electron chi connectivity index (χ0n) is 7.29. The van der Waals surface area contributed by atoms with Gasteiger partial charge in [-0.3, -0.25) is 4.79 Å². The molecule has 1 saturated heterocycles. The monoisotopic (exact) mass is 171 g/mol. The van der Waals surface area contributed by atoms with Crippen LogP contribution in [-0.4, -0.2) is 24.5 Å². The Morgan fingerprint density at radius 3 is 2.83 bits per heavy atom. The van der Waals surface area contributed by atoms with Gasteiger partial charge in [0, 0.05) is 12.3 Å². The molecule has 1 aliphatic rings. The third kappa shape index (κ3) is 1.96. The molecule has 12 heavy (non-hydrogen) atoms. The summed E-state index contributed by atoms with van der Waals surface area (Å²) in [5.74, 6) is 0.0417. The van der Waals surface area contributed by atoms with Crippen molar-refractivity contribution in [3.63, 3.8) is 0 Å². The van der Waals surface area contributed by atoms with E-state index in [1.165, 1.54) is 0 Å². The molecule has 0 spiro atoms. The average Bonchev–Trinajstić information content (AvgIpc) is 2.03. The van der Waals surface area contributed by atoms with Gasteiger partial charge in [-0.1, -0.05) is 13.8 Å². The summed E-state index contributed by atoms with van der Waals surface area (Å²) in [6.45, 7) is 3.99. The zero-order valence-corrected chi connectivity index (χ0v) is 7.29. The van der Waals surface area contributed by atoms with Crippen LogP contribution in [0.4, 0.5) is 4.79 Å². The third-order valence-electron chi connectivity index (χ3n) is 1.84. The van der Waals surface area contributed by atoms with E-state index in [4.69, 9.17) is 0 Å². The molecule has 0 radical (unpaired) electrons. The number of cyclic esters (lactones) is 1. The van der Waals surface area contributed by atoms with Gasteiger partial charge >= 0.3 is 6.09 Å². The SMILES string of the molecule is CC(C)C(=O)C1CCOC(=O)N1. The maximum atomic E-state index is 11.4. The summed E-state index contributed by atoms with van der Waals surface area (Å²) in [7, 11) is 0. The molecule has 68 valence electrons. The molecule has 1 rings (SSSR count). The van der Waals surface area contributed by atoms with E-state index in [1.54, 1.807) is 0 Å². The van der Waals surface area contributed by atoms with E-state index >= 15 is 0 Å². The number of nitrogens with one attached hydrogen (secondary N) is 1. The number of ether oxygens (including phenoxy) is 1. The molecule has 0 aromatic carbocycles. The molecule has 0 bridgehead atoms. The maximum Gasteiger partial charge on any atom is 0.407 e. The van der Waals surface area contributed by atoms with Crippen LogP contribution in [0, 0.1) is 5.92 Å². The third-order valence-corrected chi connectivity index (χ3v) is 1.84. The van der Waals surface area contributed by atoms with E-state index in [1.807, 2.05) is 13.8 Å². The zero-order chi connectivity index (χ0) is 9.14. The number of hydrogen-bond acceptors (Lipinski definition) is 3. The van der Waals surface area contributed by atoms with Gasteiger partial charge < -0.3 is 10.1 Å². The topological polar surface area (TPSA) is 55.4 Å². The van der Waals surface area contributed by atoms with E-state index in [9.17, 15) is 9.59 Å². The Morgan fingerprint density at radius 1 is 1.67 bits per heavy atom. The molecule has 0 aromatic rings. The van der Waals surface area contributed by atoms with Gasteiger partial charge in [0.2, 0.25) is 0 Å². The predicted octanol–water partition coefficient (Wildman–Crippen LogP) is 0.710. The first-order chi connectivity index (χ1) is 5.61. The van der Waals surface area contributed by atoms with Gasteiger partial charge in [-0.25, -0.2) is 4.79 Å². The lowest BCUT2D eigenvalue weighted by Crippen LogP contribution is -2.47. The Kier molecular flexibility index (Phi) is 2.68. The highest BCUT2D eigenvalue weighted by atomic mass is 16.5. The van der Waals surface area contributed by atoms with Crippen LogP contribution >= 0.6 is 0 Å². The molecular weight excluding hydrogens is 158 g/mol. The number of carbonyl (C=O) groups is 2. The molecule has 1 amide bonds. The number of amides is 1. The van der Waals surface area contributed by atoms with E-state index in [0.717, 1.165) is 0 Å². The second kappa shape index (κ2) is 3.56. The minimum Gasteiger partial charge on any atom is -0.449 e. The van der Waals surface area contributed by atoms with Crippen molar-refractivity contribution in [2.45, 2.75) is 26.3 Å². The van der Waals surface area contributed by atoms with Gasteiger partial charge in [0.25, 0.3) is 0 Å². The molecule has 1 atom stereocenters. The second-order valence-corrected chi connectivity index (χ2v) is 3.18. The Morgan fingerprint density at radius 2 is 2.33 bits per heavy atom. The average molecular weight is 171 g/mol. The van der Waals surface area contributed by atoms with Crippen LogP contribution in [0.15, 0.2) is 0 Å². The van der Waals surface area contributed by atoms with Gasteiger partial charge in [-0.05, 0) is 0 Å². The summed E-state index contributed by atoms with van der Waals surface area (Å²) in [6.07, 6.45) is 0.100. The fraction of sp³-hybridized carbons (Fsp3) is 0.750. The van der Waals surface area contributed by atoms with Crippen LogP contribution in [0.1, 0.15) is 20.3 Å². The van der Waals surface area contributed by atoms with Crippen LogP contribution < -0.4 is 5.32 Å². The van der Waals surface area contributed by atoms with E-state index in [-0.39, 0.29) is 17.7 Å². The Hall–Kier alpha value is -1.06. The number of ketones is 1. The smallest absolute Gasteiger partial charge is 0.407 e. The van der Waals surface area contributed by atoms with Gasteiger partial charge in [0.05, 0.1) is 12.6 Å². The minimum atomic E-state index is -0.486. The molecule has 4 heteroatoms. The molecule has 1 aliphatic heterocycles. The van der Waals surface area contributed by atoms with Crippen molar-refractivity contribution in [3.05, 3.63) is 0 Å². The quantitative estimate of drug-likeness (QED) is 0.665. The molecule has 1 heterocycles. The van der Waals surface area contributed by atoms with Gasteiger partial charge in [0.1, 0.15) is 0 Å². The second-order valence-electron chi connectivity index (χ2n) is 3.18. The fourth-order valence-corrected chi connectivity index (χ4v) is 1.14. The Balaban J connectivity index is 2.51. The molecule has 1 unspecified atom stereocenters. The van der Waals surface area contributed by atoms with Crippen molar-refractivity contribution < 1.29 is 14.3 Å². The first-order valence-corrected chi connectivity index (χ1v) is 4.08. The van der Waals surface area contributed by atoms with Crippen LogP contribution in [0.3, 0.4) is 0 Å². The van der Waals surface area contributed by atoms with Crippen molar-refractivity contribution in [1.82, 2.24) is 5.32 Å². The van der Waals surface area contributed by atoms with Crippen molar-refractivity contribution >= 4 is 11.9 Å². The van der Waals surface area contributed by atoms with E-state index in [2.05, 4.69) is 10.1 Å². The fourth-order valence-electron chi connectivity index (χ4n) is 1.14. The molecular formula is C8H13NO3. The summed E-state index contributed by atoms with van der Waals surface area (Å²) < 4.78 is 4.64. The summed E-state index contributed by atoms with van der Waals surface area (Å²) in [5.41, 5.74) is 0. The van der Waals surface area contributed by atoms with Crippen molar-refractivity contribution in [2.24, 2.45) is 5.92 Å². The molecule has 1 N–H and O–H groups in total. The summed E-state index contributed by atoms with van der Waals surface area (Å²) in [4.78, 5) is 22.1. The molecule has 4 nitrogen and oxygen atoms in total. The maximum absolute atomic E-state index is 11.4. The minimum absolute atomic E-state index is 0.0339. The molecule has 0 aliphatic carbocycles. The first kappa shape index (κ1) is 9.03. The Labute approximate surface area is 71.3 Å². The van der Waals surface area contributed by atoms with Gasteiger partial charge in [-0.15, -0.1) is 0 Å². The standard InChI is InChI=1S/C8H13NO3/c1-5(2)7(10)6-3-4-12-8(11)9-6/h5-6H,3-4H2,1-2H3,(H,9,11). The molecule has 0 aromatic heterocycles. The lowest BCUT2D eigenvalue weighted by atomic mass is 9.99. The number of Topliss-reactive ketones (excluding diaryl/α,β-unsaturated/α-hetero) is 1. The van der Waals surface area contributed by atoms with E-state index in [0.29, 0.717) is 13.0 Å². The predicted molar refractivity (Wildman–Crippen MR) is 42.7 cm³/mol. The van der Waals surface area contributed by atoms with Crippen molar-refractivity contribution in [3.8, 4) is 0 Å². The lowest BCUT2D eigenvalue weighted by Gasteiger charge is -2.23. The van der Waals surface area contributed by atoms with Crippen LogP contribution in [0.5, 0.6) is 0 Å². The number of rotatable bonds is 2. The highest BCUT2D eigenvalue weighted by Gasteiger charge is 2.26. The van der Waals surface area contributed by atoms with Crippen LogP contribution in [-0.2, 0) is 9.53 Å². The highest BCUT2D eigenvalue weighted by molar-refractivity contribution is 5.89. The number of carbonyl (C=O) groups excluding carboxylic acids is 2.